The molecule has 1 amide bonds. The first-order chi connectivity index (χ1) is 16.6. The van der Waals surface area contributed by atoms with E-state index in [9.17, 15) is 9.18 Å². The summed E-state index contributed by atoms with van der Waals surface area (Å²) in [5.41, 5.74) is 3.82. The fraction of sp³-hybridized carbons (Fsp3) is 0.143. The van der Waals surface area contributed by atoms with Crippen LogP contribution in [0, 0.1) is 5.82 Å². The second kappa shape index (κ2) is 10.6. The zero-order chi connectivity index (χ0) is 23.9. The monoisotopic (exact) mass is 456 g/mol. The average molecular weight is 457 g/mol. The van der Waals surface area contributed by atoms with Crippen LogP contribution in [0.1, 0.15) is 21.6 Å². The van der Waals surface area contributed by atoms with Gasteiger partial charge in [-0.05, 0) is 65.2 Å². The second-order valence-electron chi connectivity index (χ2n) is 7.76. The van der Waals surface area contributed by atoms with Crippen molar-refractivity contribution in [3.8, 4) is 22.6 Å². The first-order valence-electron chi connectivity index (χ1n) is 10.8. The zero-order valence-electron chi connectivity index (χ0n) is 19.1. The van der Waals surface area contributed by atoms with Gasteiger partial charge < -0.3 is 14.4 Å². The molecule has 1 heterocycles. The van der Waals surface area contributed by atoms with Gasteiger partial charge in [0.15, 0.2) is 11.5 Å². The Kier molecular flexibility index (Phi) is 7.18. The van der Waals surface area contributed by atoms with Crippen molar-refractivity contribution >= 4 is 5.91 Å². The van der Waals surface area contributed by atoms with Crippen molar-refractivity contribution in [2.75, 3.05) is 14.2 Å². The normalized spacial score (nSPS) is 10.6. The number of nitrogens with zero attached hydrogens (tertiary/aromatic N) is 2. The summed E-state index contributed by atoms with van der Waals surface area (Å²) in [6.45, 7) is 0.709. The van der Waals surface area contributed by atoms with Crippen LogP contribution in [-0.2, 0) is 13.1 Å². The van der Waals surface area contributed by atoms with E-state index in [1.165, 1.54) is 12.1 Å². The van der Waals surface area contributed by atoms with Crippen molar-refractivity contribution in [3.63, 3.8) is 0 Å². The summed E-state index contributed by atoms with van der Waals surface area (Å²) in [5, 5.41) is 0. The third-order valence-corrected chi connectivity index (χ3v) is 5.48. The van der Waals surface area contributed by atoms with Gasteiger partial charge in [-0.15, -0.1) is 0 Å². The number of halogens is 1. The summed E-state index contributed by atoms with van der Waals surface area (Å²) >= 11 is 0. The topological polar surface area (TPSA) is 51.7 Å². The minimum absolute atomic E-state index is 0.133. The van der Waals surface area contributed by atoms with Crippen LogP contribution >= 0.6 is 0 Å². The van der Waals surface area contributed by atoms with Crippen LogP contribution < -0.4 is 9.47 Å². The molecule has 5 nitrogen and oxygen atoms in total. The third-order valence-electron chi connectivity index (χ3n) is 5.48. The maximum Gasteiger partial charge on any atom is 0.254 e. The predicted octanol–water partition coefficient (Wildman–Crippen LogP) is 5.75. The molecule has 6 heteroatoms. The highest BCUT2D eigenvalue weighted by Gasteiger charge is 2.18. The molecule has 4 rings (SSSR count). The van der Waals surface area contributed by atoms with Crippen LogP contribution in [0.3, 0.4) is 0 Å². The Hall–Kier alpha value is -4.19. The van der Waals surface area contributed by atoms with Gasteiger partial charge in [0.1, 0.15) is 5.82 Å². The van der Waals surface area contributed by atoms with Crippen LogP contribution in [0.15, 0.2) is 91.1 Å². The lowest BCUT2D eigenvalue weighted by molar-refractivity contribution is 0.0727. The molecule has 0 bridgehead atoms. The molecule has 0 aliphatic heterocycles. The first-order valence-corrected chi connectivity index (χ1v) is 10.8. The second-order valence-corrected chi connectivity index (χ2v) is 7.76. The number of rotatable bonds is 8. The Labute approximate surface area is 198 Å². The van der Waals surface area contributed by atoms with Crippen molar-refractivity contribution in [1.82, 2.24) is 9.88 Å². The van der Waals surface area contributed by atoms with Gasteiger partial charge >= 0.3 is 0 Å². The summed E-state index contributed by atoms with van der Waals surface area (Å²) in [4.78, 5) is 19.6. The highest BCUT2D eigenvalue weighted by molar-refractivity contribution is 5.94. The van der Waals surface area contributed by atoms with E-state index >= 15 is 0 Å². The van der Waals surface area contributed by atoms with Crippen molar-refractivity contribution in [3.05, 3.63) is 114 Å². The Morgan fingerprint density at radius 3 is 2.29 bits per heavy atom. The van der Waals surface area contributed by atoms with Crippen molar-refractivity contribution in [2.24, 2.45) is 0 Å². The fourth-order valence-electron chi connectivity index (χ4n) is 3.74. The summed E-state index contributed by atoms with van der Waals surface area (Å²) in [5.74, 6) is 0.798. The maximum atomic E-state index is 13.6. The number of amides is 1. The predicted molar refractivity (Wildman–Crippen MR) is 129 cm³/mol. The third kappa shape index (κ3) is 5.41. The molecule has 3 aromatic carbocycles. The van der Waals surface area contributed by atoms with E-state index in [1.54, 1.807) is 43.5 Å². The number of methoxy groups -OCH3 is 2. The van der Waals surface area contributed by atoms with E-state index in [2.05, 4.69) is 4.98 Å². The Bertz CT molecular complexity index is 1260. The van der Waals surface area contributed by atoms with Crippen LogP contribution in [-0.4, -0.2) is 30.0 Å². The van der Waals surface area contributed by atoms with E-state index in [0.29, 0.717) is 30.2 Å². The van der Waals surface area contributed by atoms with E-state index in [1.807, 2.05) is 54.6 Å². The van der Waals surface area contributed by atoms with Gasteiger partial charge in [0.25, 0.3) is 5.91 Å². The van der Waals surface area contributed by atoms with E-state index in [0.717, 1.165) is 22.4 Å². The average Bonchev–Trinajstić information content (AvgIpc) is 2.88. The van der Waals surface area contributed by atoms with Gasteiger partial charge in [-0.1, -0.05) is 36.4 Å². The molecule has 172 valence electrons. The van der Waals surface area contributed by atoms with Gasteiger partial charge in [0, 0.05) is 18.3 Å². The molecule has 0 N–H and O–H groups in total. The minimum Gasteiger partial charge on any atom is -0.493 e. The highest BCUT2D eigenvalue weighted by Crippen LogP contribution is 2.29. The number of benzene rings is 3. The Morgan fingerprint density at radius 1 is 0.824 bits per heavy atom. The molecule has 0 unspecified atom stereocenters. The standard InChI is InChI=1S/C28H25FN2O3/c1-33-26-14-9-20(16-27(26)34-2)18-31(19-25-8-3-4-15-30-25)28(32)22-12-10-21(11-13-22)23-6-5-7-24(29)17-23/h3-17H,18-19H2,1-2H3. The van der Waals surface area contributed by atoms with Gasteiger partial charge in [0.05, 0.1) is 26.5 Å². The van der Waals surface area contributed by atoms with Crippen molar-refractivity contribution in [2.45, 2.75) is 13.1 Å². The van der Waals surface area contributed by atoms with E-state index in [-0.39, 0.29) is 11.7 Å². The highest BCUT2D eigenvalue weighted by atomic mass is 19.1. The summed E-state index contributed by atoms with van der Waals surface area (Å²) in [6.07, 6.45) is 1.71. The molecule has 0 aliphatic rings. The van der Waals surface area contributed by atoms with Crippen LogP contribution in [0.2, 0.25) is 0 Å². The summed E-state index contributed by atoms with van der Waals surface area (Å²) in [7, 11) is 3.17. The van der Waals surface area contributed by atoms with Gasteiger partial charge in [-0.2, -0.15) is 0 Å². The zero-order valence-corrected chi connectivity index (χ0v) is 19.1. The first kappa shape index (κ1) is 23.0. The Morgan fingerprint density at radius 2 is 1.62 bits per heavy atom. The maximum absolute atomic E-state index is 13.6. The lowest BCUT2D eigenvalue weighted by Crippen LogP contribution is -2.30. The molecule has 0 saturated carbocycles. The number of carbonyl (C=O) groups excluding carboxylic acids is 1. The molecule has 0 radical (unpaired) electrons. The van der Waals surface area contributed by atoms with Gasteiger partial charge in [-0.3, -0.25) is 9.78 Å². The lowest BCUT2D eigenvalue weighted by Gasteiger charge is -2.23. The quantitative estimate of drug-likeness (QED) is 0.339. The molecular weight excluding hydrogens is 431 g/mol. The molecule has 0 saturated heterocycles. The number of aromatic nitrogens is 1. The SMILES string of the molecule is COc1ccc(CN(Cc2ccccn2)C(=O)c2ccc(-c3cccc(F)c3)cc2)cc1OC. The van der Waals surface area contributed by atoms with Crippen molar-refractivity contribution < 1.29 is 18.7 Å². The minimum atomic E-state index is -0.297. The number of hydrogen-bond donors (Lipinski definition) is 0. The van der Waals surface area contributed by atoms with E-state index < -0.39 is 0 Å². The van der Waals surface area contributed by atoms with Crippen molar-refractivity contribution in [1.29, 1.82) is 0 Å². The van der Waals surface area contributed by atoms with Crippen LogP contribution in [0.5, 0.6) is 11.5 Å². The number of carbonyl (C=O) groups is 1. The molecule has 34 heavy (non-hydrogen) atoms. The van der Waals surface area contributed by atoms with Gasteiger partial charge in [0.2, 0.25) is 0 Å². The molecule has 0 atom stereocenters. The van der Waals surface area contributed by atoms with Crippen LogP contribution in [0.25, 0.3) is 11.1 Å². The summed E-state index contributed by atoms with van der Waals surface area (Å²) < 4.78 is 24.3. The smallest absolute Gasteiger partial charge is 0.254 e. The number of pyridine rings is 1. The van der Waals surface area contributed by atoms with E-state index in [4.69, 9.17) is 9.47 Å². The molecule has 0 aliphatic carbocycles. The molecule has 0 spiro atoms. The molecule has 0 fully saturated rings. The lowest BCUT2D eigenvalue weighted by atomic mass is 10.0. The molecule has 1 aromatic heterocycles. The fourth-order valence-corrected chi connectivity index (χ4v) is 3.74. The summed E-state index contributed by atoms with van der Waals surface area (Å²) in [6, 6.07) is 24.8. The van der Waals surface area contributed by atoms with Gasteiger partial charge in [-0.25, -0.2) is 4.39 Å². The molecule has 4 aromatic rings. The largest absolute Gasteiger partial charge is 0.493 e. The Balaban J connectivity index is 1.61. The number of ether oxygens (including phenoxy) is 2. The number of hydrogen-bond acceptors (Lipinski definition) is 4. The van der Waals surface area contributed by atoms with Crippen LogP contribution in [0.4, 0.5) is 4.39 Å². The molecular formula is C28H25FN2O3.